The smallest absolute Gasteiger partial charge is 0.319 e. The van der Waals surface area contributed by atoms with E-state index in [9.17, 15) is 4.79 Å². The minimum Gasteiger partial charge on any atom is -0.516 e. The molecule has 0 radical (unpaired) electrons. The Morgan fingerprint density at radius 2 is 1.69 bits per heavy atom. The van der Waals surface area contributed by atoms with Gasteiger partial charge in [0.2, 0.25) is 0 Å². The van der Waals surface area contributed by atoms with Crippen molar-refractivity contribution in [2.24, 2.45) is 0 Å². The quantitative estimate of drug-likeness (QED) is 0.492. The molecule has 0 heterocycles. The van der Waals surface area contributed by atoms with Gasteiger partial charge in [-0.3, -0.25) is 0 Å². The third kappa shape index (κ3) is 4.12. The molecule has 3 heteroatoms. The van der Waals surface area contributed by atoms with Crippen LogP contribution in [0.5, 0.6) is 0 Å². The highest BCUT2D eigenvalue weighted by molar-refractivity contribution is 6.76. The molecule has 0 saturated carbocycles. The number of hydrogen-bond donors (Lipinski definition) is 0. The number of hydrogen-bond acceptors (Lipinski definition) is 2. The van der Waals surface area contributed by atoms with Crippen molar-refractivity contribution in [2.75, 3.05) is 0 Å². The molecule has 0 rings (SSSR count). The summed E-state index contributed by atoms with van der Waals surface area (Å²) in [6.45, 7) is 14.1. The maximum atomic E-state index is 11.7. The van der Waals surface area contributed by atoms with Crippen LogP contribution in [0.25, 0.3) is 0 Å². The van der Waals surface area contributed by atoms with E-state index in [1.54, 1.807) is 6.92 Å². The van der Waals surface area contributed by atoms with E-state index in [2.05, 4.69) is 34.3 Å². The normalized spacial score (nSPS) is 11.6. The fourth-order valence-corrected chi connectivity index (χ4v) is 6.12. The highest BCUT2D eigenvalue weighted by Crippen LogP contribution is 2.33. The maximum absolute atomic E-state index is 11.7. The van der Waals surface area contributed by atoms with Crippen molar-refractivity contribution in [2.45, 2.75) is 65.1 Å². The Morgan fingerprint density at radius 1 is 1.25 bits per heavy atom. The van der Waals surface area contributed by atoms with Crippen LogP contribution in [-0.2, 0) is 9.22 Å². The summed E-state index contributed by atoms with van der Waals surface area (Å²) < 4.78 is 5.84. The molecule has 0 fully saturated rings. The molecule has 0 aromatic heterocycles. The molecule has 0 amide bonds. The molecule has 0 spiro atoms. The molecular formula is C13H26O2Si. The molecule has 0 aliphatic heterocycles. The van der Waals surface area contributed by atoms with E-state index in [0.717, 1.165) is 24.9 Å². The highest BCUT2D eigenvalue weighted by atomic mass is 28.4. The molecule has 0 saturated heterocycles. The lowest BCUT2D eigenvalue weighted by molar-refractivity contribution is -0.131. The van der Waals surface area contributed by atoms with E-state index in [1.165, 1.54) is 0 Å². The fraction of sp³-hybridized carbons (Fsp3) is 0.769. The van der Waals surface area contributed by atoms with Gasteiger partial charge in [0.1, 0.15) is 0 Å². The van der Waals surface area contributed by atoms with E-state index in [1.807, 2.05) is 0 Å². The molecule has 0 unspecified atom stereocenters. The van der Waals surface area contributed by atoms with Gasteiger partial charge in [0.05, 0.1) is 0 Å². The van der Waals surface area contributed by atoms with Crippen molar-refractivity contribution in [3.05, 3.63) is 12.2 Å². The van der Waals surface area contributed by atoms with Crippen molar-refractivity contribution < 1.29 is 9.22 Å². The predicted octanol–water partition coefficient (Wildman–Crippen LogP) is 4.28. The summed E-state index contributed by atoms with van der Waals surface area (Å²) in [5, 5.41) is 0. The monoisotopic (exact) mass is 242 g/mol. The Hall–Kier alpha value is -0.573. The van der Waals surface area contributed by atoms with Crippen LogP contribution >= 0.6 is 0 Å². The average Bonchev–Trinajstić information content (AvgIpc) is 2.17. The van der Waals surface area contributed by atoms with Gasteiger partial charge in [-0.25, -0.2) is 4.79 Å². The summed E-state index contributed by atoms with van der Waals surface area (Å²) in [5.74, 6) is -0.192. The van der Waals surface area contributed by atoms with Crippen LogP contribution in [0.2, 0.25) is 17.6 Å². The molecule has 0 bridgehead atoms. The minimum absolute atomic E-state index is 0.192. The summed E-state index contributed by atoms with van der Waals surface area (Å²) >= 11 is 0. The zero-order valence-electron chi connectivity index (χ0n) is 11.4. The van der Waals surface area contributed by atoms with Gasteiger partial charge < -0.3 is 4.43 Å². The third-order valence-corrected chi connectivity index (χ3v) is 8.43. The van der Waals surface area contributed by atoms with Gasteiger partial charge >= 0.3 is 5.97 Å². The summed E-state index contributed by atoms with van der Waals surface area (Å²) in [7, 11) is -1.91. The molecule has 0 aliphatic rings. The SMILES string of the molecule is C=C(C)C(=O)O[Si](CCC)(CCC)C(C)C. The number of carbonyl (C=O) groups is 1. The van der Waals surface area contributed by atoms with Gasteiger partial charge in [0.25, 0.3) is 8.32 Å². The summed E-state index contributed by atoms with van der Waals surface area (Å²) in [6.07, 6.45) is 2.18. The second-order valence-corrected chi connectivity index (χ2v) is 9.38. The Kier molecular flexibility index (Phi) is 6.64. The molecule has 16 heavy (non-hydrogen) atoms. The van der Waals surface area contributed by atoms with E-state index >= 15 is 0 Å². The predicted molar refractivity (Wildman–Crippen MR) is 72.0 cm³/mol. The first-order valence-electron chi connectivity index (χ1n) is 6.28. The first kappa shape index (κ1) is 15.4. The van der Waals surface area contributed by atoms with E-state index in [0.29, 0.717) is 11.1 Å². The van der Waals surface area contributed by atoms with E-state index < -0.39 is 8.32 Å². The summed E-state index contributed by atoms with van der Waals surface area (Å²) in [6, 6.07) is 2.13. The second kappa shape index (κ2) is 6.89. The Balaban J connectivity index is 4.87. The lowest BCUT2D eigenvalue weighted by atomic mass is 10.4. The summed E-state index contributed by atoms with van der Waals surface area (Å²) in [4.78, 5) is 11.7. The molecule has 94 valence electrons. The zero-order valence-corrected chi connectivity index (χ0v) is 12.4. The van der Waals surface area contributed by atoms with Crippen molar-refractivity contribution in [3.63, 3.8) is 0 Å². The van der Waals surface area contributed by atoms with Crippen LogP contribution in [0.15, 0.2) is 12.2 Å². The Morgan fingerprint density at radius 3 is 1.94 bits per heavy atom. The molecule has 0 aromatic rings. The molecular weight excluding hydrogens is 216 g/mol. The van der Waals surface area contributed by atoms with Gasteiger partial charge in [-0.15, -0.1) is 0 Å². The number of rotatable bonds is 7. The number of carbonyl (C=O) groups excluding carboxylic acids is 1. The van der Waals surface area contributed by atoms with Gasteiger partial charge in [-0.05, 0) is 24.6 Å². The van der Waals surface area contributed by atoms with Gasteiger partial charge in [-0.2, -0.15) is 0 Å². The van der Waals surface area contributed by atoms with Crippen LogP contribution in [-0.4, -0.2) is 14.3 Å². The van der Waals surface area contributed by atoms with Crippen LogP contribution in [0.1, 0.15) is 47.5 Å². The average molecular weight is 242 g/mol. The topological polar surface area (TPSA) is 26.3 Å². The van der Waals surface area contributed by atoms with Crippen molar-refractivity contribution in [1.82, 2.24) is 0 Å². The first-order valence-corrected chi connectivity index (χ1v) is 8.68. The minimum atomic E-state index is -1.91. The van der Waals surface area contributed by atoms with Crippen molar-refractivity contribution >= 4 is 14.3 Å². The van der Waals surface area contributed by atoms with E-state index in [-0.39, 0.29) is 5.97 Å². The first-order chi connectivity index (χ1) is 7.39. The van der Waals surface area contributed by atoms with Crippen LogP contribution in [0, 0.1) is 0 Å². The molecule has 0 N–H and O–H groups in total. The molecule has 2 nitrogen and oxygen atoms in total. The fourth-order valence-electron chi connectivity index (χ4n) is 2.04. The van der Waals surface area contributed by atoms with E-state index in [4.69, 9.17) is 4.43 Å². The second-order valence-electron chi connectivity index (χ2n) is 4.89. The third-order valence-electron chi connectivity index (χ3n) is 3.04. The molecule has 0 aromatic carbocycles. The maximum Gasteiger partial charge on any atom is 0.319 e. The van der Waals surface area contributed by atoms with Gasteiger partial charge in [0.15, 0.2) is 0 Å². The Labute approximate surface area is 101 Å². The zero-order chi connectivity index (χ0) is 12.8. The Bertz CT molecular complexity index is 240. The van der Waals surface area contributed by atoms with Gasteiger partial charge in [0, 0.05) is 5.57 Å². The summed E-state index contributed by atoms with van der Waals surface area (Å²) in [5.41, 5.74) is 1.00. The lowest BCUT2D eigenvalue weighted by Gasteiger charge is -2.34. The highest BCUT2D eigenvalue weighted by Gasteiger charge is 2.40. The van der Waals surface area contributed by atoms with Gasteiger partial charge in [-0.1, -0.05) is 47.1 Å². The van der Waals surface area contributed by atoms with Crippen LogP contribution < -0.4 is 0 Å². The lowest BCUT2D eigenvalue weighted by Crippen LogP contribution is -2.43. The molecule has 0 atom stereocenters. The van der Waals surface area contributed by atoms with Crippen molar-refractivity contribution in [1.29, 1.82) is 0 Å². The molecule has 0 aliphatic carbocycles. The van der Waals surface area contributed by atoms with Crippen LogP contribution in [0.3, 0.4) is 0 Å². The standard InChI is InChI=1S/C13H26O2Si/c1-7-9-16(10-8-2,12(5)6)15-13(14)11(3)4/h12H,3,7-10H2,1-2,4-6H3. The van der Waals surface area contributed by atoms with Crippen LogP contribution in [0.4, 0.5) is 0 Å². The van der Waals surface area contributed by atoms with Crippen molar-refractivity contribution in [3.8, 4) is 0 Å². The largest absolute Gasteiger partial charge is 0.516 e.